The molecule has 3 nitrogen and oxygen atoms in total. The van der Waals surface area contributed by atoms with Crippen molar-refractivity contribution in [1.82, 2.24) is 10.2 Å². The zero-order valence-corrected chi connectivity index (χ0v) is 13.2. The van der Waals surface area contributed by atoms with E-state index in [1.165, 1.54) is 25.7 Å². The Kier molecular flexibility index (Phi) is 7.44. The minimum atomic E-state index is 0.0682. The number of amides is 1. The van der Waals surface area contributed by atoms with Gasteiger partial charge in [-0.2, -0.15) is 0 Å². The summed E-state index contributed by atoms with van der Waals surface area (Å²) in [6, 6.07) is 0.0682. The van der Waals surface area contributed by atoms with Gasteiger partial charge in [0, 0.05) is 6.54 Å². The Labute approximate surface area is 119 Å². The molecule has 0 radical (unpaired) electrons. The number of rotatable bonds is 9. The van der Waals surface area contributed by atoms with Crippen LogP contribution < -0.4 is 5.32 Å². The molecule has 1 aliphatic rings. The van der Waals surface area contributed by atoms with Crippen molar-refractivity contribution < 1.29 is 4.79 Å². The van der Waals surface area contributed by atoms with Gasteiger partial charge < -0.3 is 4.90 Å². The van der Waals surface area contributed by atoms with Crippen molar-refractivity contribution in [3.8, 4) is 0 Å². The maximum Gasteiger partial charge on any atom is 0.241 e. The van der Waals surface area contributed by atoms with Gasteiger partial charge in [-0.25, -0.2) is 0 Å². The first-order valence-corrected chi connectivity index (χ1v) is 8.24. The molecule has 0 aliphatic carbocycles. The van der Waals surface area contributed by atoms with E-state index >= 15 is 0 Å². The van der Waals surface area contributed by atoms with Crippen LogP contribution in [0.2, 0.25) is 0 Å². The van der Waals surface area contributed by atoms with E-state index in [4.69, 9.17) is 0 Å². The lowest BCUT2D eigenvalue weighted by Crippen LogP contribution is -2.39. The summed E-state index contributed by atoms with van der Waals surface area (Å²) in [6.45, 7) is 9.75. The van der Waals surface area contributed by atoms with Gasteiger partial charge in [-0.1, -0.05) is 53.4 Å². The minimum Gasteiger partial charge on any atom is -0.326 e. The van der Waals surface area contributed by atoms with Gasteiger partial charge in [0.1, 0.15) is 0 Å². The molecule has 1 fully saturated rings. The number of hydrogen-bond acceptors (Lipinski definition) is 2. The fourth-order valence-electron chi connectivity index (χ4n) is 2.99. The van der Waals surface area contributed by atoms with Crippen molar-refractivity contribution in [3.63, 3.8) is 0 Å². The minimum absolute atomic E-state index is 0.0682. The molecule has 0 aromatic carbocycles. The van der Waals surface area contributed by atoms with Crippen molar-refractivity contribution in [2.75, 3.05) is 6.54 Å². The first-order chi connectivity index (χ1) is 9.17. The summed E-state index contributed by atoms with van der Waals surface area (Å²) in [5, 5.41) is 3.50. The Hall–Kier alpha value is -0.570. The van der Waals surface area contributed by atoms with Crippen LogP contribution in [0.5, 0.6) is 0 Å². The molecular weight excluding hydrogens is 236 g/mol. The highest BCUT2D eigenvalue weighted by atomic mass is 16.2. The zero-order valence-electron chi connectivity index (χ0n) is 13.2. The van der Waals surface area contributed by atoms with Crippen molar-refractivity contribution in [2.45, 2.75) is 84.8 Å². The van der Waals surface area contributed by atoms with Gasteiger partial charge in [0.25, 0.3) is 0 Å². The molecule has 3 unspecified atom stereocenters. The molecule has 0 saturated carbocycles. The number of hydrogen-bond donors (Lipinski definition) is 1. The van der Waals surface area contributed by atoms with Gasteiger partial charge in [-0.3, -0.25) is 10.1 Å². The molecule has 1 heterocycles. The Morgan fingerprint density at radius 3 is 2.47 bits per heavy atom. The van der Waals surface area contributed by atoms with E-state index in [1.54, 1.807) is 0 Å². The fourth-order valence-corrected chi connectivity index (χ4v) is 2.99. The highest BCUT2D eigenvalue weighted by molar-refractivity contribution is 5.84. The third-order valence-electron chi connectivity index (χ3n) is 4.31. The van der Waals surface area contributed by atoms with E-state index < -0.39 is 0 Å². The Morgan fingerprint density at radius 1 is 1.21 bits per heavy atom. The number of carbonyl (C=O) groups is 1. The lowest BCUT2D eigenvalue weighted by molar-refractivity contribution is -0.130. The molecule has 0 aromatic heterocycles. The predicted molar refractivity (Wildman–Crippen MR) is 80.9 cm³/mol. The number of nitrogens with one attached hydrogen (secondary N) is 1. The van der Waals surface area contributed by atoms with E-state index in [1.807, 2.05) is 0 Å². The first kappa shape index (κ1) is 16.5. The molecule has 0 spiro atoms. The average molecular weight is 268 g/mol. The molecule has 1 N–H and O–H groups in total. The second-order valence-corrected chi connectivity index (χ2v) is 5.84. The van der Waals surface area contributed by atoms with Gasteiger partial charge in [0.15, 0.2) is 0 Å². The van der Waals surface area contributed by atoms with Crippen molar-refractivity contribution >= 4 is 5.91 Å². The molecule has 1 rings (SSSR count). The molecule has 19 heavy (non-hydrogen) atoms. The maximum absolute atomic E-state index is 12.5. The lowest BCUT2D eigenvalue weighted by Gasteiger charge is -2.27. The van der Waals surface area contributed by atoms with Gasteiger partial charge in [-0.05, 0) is 25.2 Å². The number of unbranched alkanes of at least 4 members (excludes halogenated alkanes) is 1. The molecule has 112 valence electrons. The third-order valence-corrected chi connectivity index (χ3v) is 4.31. The molecule has 3 atom stereocenters. The lowest BCUT2D eigenvalue weighted by atomic mass is 9.98. The van der Waals surface area contributed by atoms with Crippen LogP contribution in [-0.4, -0.2) is 29.6 Å². The smallest absolute Gasteiger partial charge is 0.241 e. The van der Waals surface area contributed by atoms with E-state index in [0.717, 1.165) is 25.8 Å². The number of nitrogens with zero attached hydrogens (tertiary/aromatic N) is 1. The normalized spacial score (nSPS) is 25.1. The van der Waals surface area contributed by atoms with E-state index in [2.05, 4.69) is 37.9 Å². The maximum atomic E-state index is 12.5. The predicted octanol–water partition coefficient (Wildman–Crippen LogP) is 3.54. The number of carbonyl (C=O) groups excluding carboxylic acids is 1. The fraction of sp³-hybridized carbons (Fsp3) is 0.938. The van der Waals surface area contributed by atoms with Crippen LogP contribution in [0, 0.1) is 5.92 Å². The molecule has 1 amide bonds. The molecular formula is C16H32N2O. The van der Waals surface area contributed by atoms with Gasteiger partial charge in [0.2, 0.25) is 5.91 Å². The Bertz CT molecular complexity index is 267. The van der Waals surface area contributed by atoms with Crippen molar-refractivity contribution in [2.24, 2.45) is 5.92 Å². The zero-order chi connectivity index (χ0) is 14.3. The quantitative estimate of drug-likeness (QED) is 0.693. The first-order valence-electron chi connectivity index (χ1n) is 8.24. The van der Waals surface area contributed by atoms with Gasteiger partial charge in [0.05, 0.1) is 12.2 Å². The topological polar surface area (TPSA) is 32.3 Å². The van der Waals surface area contributed by atoms with Crippen LogP contribution in [0.25, 0.3) is 0 Å². The molecule has 3 heteroatoms. The summed E-state index contributed by atoms with van der Waals surface area (Å²) in [5.74, 6) is 1.00. The van der Waals surface area contributed by atoms with Crippen molar-refractivity contribution in [3.05, 3.63) is 0 Å². The highest BCUT2D eigenvalue weighted by Crippen LogP contribution is 2.22. The van der Waals surface area contributed by atoms with Crippen LogP contribution in [0.1, 0.15) is 72.6 Å². The van der Waals surface area contributed by atoms with Crippen LogP contribution in [0.15, 0.2) is 0 Å². The summed E-state index contributed by atoms with van der Waals surface area (Å²) in [7, 11) is 0. The Morgan fingerprint density at radius 2 is 1.95 bits per heavy atom. The summed E-state index contributed by atoms with van der Waals surface area (Å²) in [5.41, 5.74) is 0. The highest BCUT2D eigenvalue weighted by Gasteiger charge is 2.37. The van der Waals surface area contributed by atoms with E-state index in [9.17, 15) is 4.79 Å². The Balaban J connectivity index is 2.60. The van der Waals surface area contributed by atoms with Gasteiger partial charge in [-0.15, -0.1) is 0 Å². The second-order valence-electron chi connectivity index (χ2n) is 5.84. The summed E-state index contributed by atoms with van der Waals surface area (Å²) >= 11 is 0. The van der Waals surface area contributed by atoms with Crippen LogP contribution in [0.3, 0.4) is 0 Å². The summed E-state index contributed by atoms with van der Waals surface area (Å²) in [6.07, 6.45) is 8.28. The SMILES string of the molecule is CCCCC(CC)CN1C(=O)C(CCC)NC1CC. The summed E-state index contributed by atoms with van der Waals surface area (Å²) in [4.78, 5) is 14.6. The van der Waals surface area contributed by atoms with E-state index in [-0.39, 0.29) is 12.2 Å². The monoisotopic (exact) mass is 268 g/mol. The largest absolute Gasteiger partial charge is 0.326 e. The molecule has 0 bridgehead atoms. The summed E-state index contributed by atoms with van der Waals surface area (Å²) < 4.78 is 0. The average Bonchev–Trinajstić information content (AvgIpc) is 2.72. The van der Waals surface area contributed by atoms with Crippen LogP contribution in [0.4, 0.5) is 0 Å². The second kappa shape index (κ2) is 8.57. The van der Waals surface area contributed by atoms with Crippen LogP contribution in [-0.2, 0) is 4.79 Å². The molecule has 1 saturated heterocycles. The van der Waals surface area contributed by atoms with Crippen LogP contribution >= 0.6 is 0 Å². The molecule has 0 aromatic rings. The van der Waals surface area contributed by atoms with Gasteiger partial charge >= 0.3 is 0 Å². The molecule has 1 aliphatic heterocycles. The standard InChI is InChI=1S/C16H32N2O/c1-5-9-11-13(7-3)12-18-15(8-4)17-14(10-6-2)16(18)19/h13-15,17H,5-12H2,1-4H3. The van der Waals surface area contributed by atoms with E-state index in [0.29, 0.717) is 11.8 Å². The van der Waals surface area contributed by atoms with Crippen molar-refractivity contribution in [1.29, 1.82) is 0 Å². The third kappa shape index (κ3) is 4.48.